The quantitative estimate of drug-likeness (QED) is 0.317. The molecule has 0 radical (unpaired) electrons. The van der Waals surface area contributed by atoms with E-state index in [1.807, 2.05) is 82.3 Å². The Balaban J connectivity index is 1.92. The Hall–Kier alpha value is -3.60. The van der Waals surface area contributed by atoms with E-state index in [9.17, 15) is 9.59 Å². The van der Waals surface area contributed by atoms with Crippen molar-refractivity contribution in [1.29, 1.82) is 0 Å². The van der Waals surface area contributed by atoms with Gasteiger partial charge in [0.25, 0.3) is 5.91 Å². The summed E-state index contributed by atoms with van der Waals surface area (Å²) in [5.74, 6) is 0.348. The smallest absolute Gasteiger partial charge is 0.261 e. The molecular weight excluding hydrogens is 460 g/mol. The van der Waals surface area contributed by atoms with Crippen LogP contribution in [0.1, 0.15) is 53.1 Å². The van der Waals surface area contributed by atoms with Gasteiger partial charge in [-0.15, -0.1) is 0 Å². The summed E-state index contributed by atoms with van der Waals surface area (Å²) in [6.07, 6.45) is 2.31. The Kier molecular flexibility index (Phi) is 10.3. The molecule has 2 amide bonds. The number of carbonyl (C=O) groups excluding carboxylic acids is 2. The van der Waals surface area contributed by atoms with Crippen LogP contribution in [-0.4, -0.2) is 35.9 Å². The zero-order valence-corrected chi connectivity index (χ0v) is 22.8. The summed E-state index contributed by atoms with van der Waals surface area (Å²) in [4.78, 5) is 29.0. The summed E-state index contributed by atoms with van der Waals surface area (Å²) in [6, 6.07) is 21.3. The Morgan fingerprint density at radius 3 is 2.32 bits per heavy atom. The molecule has 1 atom stereocenters. The molecule has 5 nitrogen and oxygen atoms in total. The van der Waals surface area contributed by atoms with Crippen LogP contribution in [0.5, 0.6) is 5.75 Å². The van der Waals surface area contributed by atoms with Crippen LogP contribution in [-0.2, 0) is 22.6 Å². The number of unbranched alkanes of at least 4 members (excludes halogenated alkanes) is 1. The molecule has 1 N–H and O–H groups in total. The van der Waals surface area contributed by atoms with Crippen molar-refractivity contribution in [2.45, 2.75) is 66.5 Å². The fraction of sp³-hybridized carbons (Fsp3) is 0.375. The summed E-state index contributed by atoms with van der Waals surface area (Å²) in [5, 5.41) is 3.06. The van der Waals surface area contributed by atoms with Crippen molar-refractivity contribution < 1.29 is 14.3 Å². The number of hydrogen-bond acceptors (Lipinski definition) is 3. The number of aryl methyl sites for hydroxylation is 3. The van der Waals surface area contributed by atoms with Gasteiger partial charge in [0, 0.05) is 19.5 Å². The first-order chi connectivity index (χ1) is 17.8. The van der Waals surface area contributed by atoms with Gasteiger partial charge >= 0.3 is 0 Å². The van der Waals surface area contributed by atoms with E-state index in [0.717, 1.165) is 46.2 Å². The van der Waals surface area contributed by atoms with E-state index in [1.54, 1.807) is 4.90 Å². The zero-order chi connectivity index (χ0) is 26.8. The lowest BCUT2D eigenvalue weighted by Gasteiger charge is -2.31. The number of nitrogens with zero attached hydrogens (tertiary/aromatic N) is 1. The van der Waals surface area contributed by atoms with Crippen molar-refractivity contribution in [2.24, 2.45) is 0 Å². The van der Waals surface area contributed by atoms with Crippen LogP contribution in [0.4, 0.5) is 0 Å². The van der Waals surface area contributed by atoms with Crippen molar-refractivity contribution in [3.8, 4) is 5.75 Å². The molecule has 0 aliphatic rings. The molecule has 3 aromatic rings. The monoisotopic (exact) mass is 500 g/mol. The summed E-state index contributed by atoms with van der Waals surface area (Å²) in [7, 11) is 0. The predicted molar refractivity (Wildman–Crippen MR) is 150 cm³/mol. The second kappa shape index (κ2) is 13.6. The Labute approximate surface area is 221 Å². The van der Waals surface area contributed by atoms with Gasteiger partial charge in [0.1, 0.15) is 11.8 Å². The topological polar surface area (TPSA) is 58.6 Å². The number of amides is 2. The molecule has 0 aliphatic carbocycles. The summed E-state index contributed by atoms with van der Waals surface area (Å²) < 4.78 is 6.06. The number of carbonyl (C=O) groups is 2. The van der Waals surface area contributed by atoms with Gasteiger partial charge in [0.05, 0.1) is 0 Å². The molecule has 3 rings (SSSR count). The lowest BCUT2D eigenvalue weighted by Crippen LogP contribution is -2.51. The molecule has 0 aliphatic heterocycles. The summed E-state index contributed by atoms with van der Waals surface area (Å²) >= 11 is 0. The summed E-state index contributed by atoms with van der Waals surface area (Å²) in [5.41, 5.74) is 6.32. The third-order valence-electron chi connectivity index (χ3n) is 6.65. The predicted octanol–water partition coefficient (Wildman–Crippen LogP) is 5.86. The van der Waals surface area contributed by atoms with E-state index in [4.69, 9.17) is 4.74 Å². The molecule has 5 heteroatoms. The normalized spacial score (nSPS) is 11.6. The van der Waals surface area contributed by atoms with Crippen LogP contribution in [0.15, 0.2) is 66.7 Å². The molecule has 37 heavy (non-hydrogen) atoms. The van der Waals surface area contributed by atoms with Crippen molar-refractivity contribution in [3.05, 3.63) is 100 Å². The average molecular weight is 501 g/mol. The highest BCUT2D eigenvalue weighted by atomic mass is 16.5. The van der Waals surface area contributed by atoms with Crippen LogP contribution >= 0.6 is 0 Å². The first-order valence-electron chi connectivity index (χ1n) is 13.2. The molecular formula is C32H40N2O3. The third-order valence-corrected chi connectivity index (χ3v) is 6.65. The number of nitrogens with one attached hydrogen (secondary N) is 1. The van der Waals surface area contributed by atoms with E-state index in [1.165, 1.54) is 0 Å². The molecule has 0 saturated carbocycles. The molecule has 0 aromatic heterocycles. The van der Waals surface area contributed by atoms with Crippen molar-refractivity contribution in [2.75, 3.05) is 13.2 Å². The molecule has 0 heterocycles. The standard InChI is InChI=1S/C32H40N2O3/c1-6-7-16-33-32(36)29(20-27-13-9-8-10-14-27)34(21-28-15-11-12-23(2)18-28)31(35)22-37-30-19-24(3)17-25(4)26(30)5/h8-15,17-19,29H,6-7,16,20-22H2,1-5H3,(H,33,36)/t29-/m0/s1. The van der Waals surface area contributed by atoms with Crippen LogP contribution in [0.2, 0.25) is 0 Å². The average Bonchev–Trinajstić information content (AvgIpc) is 2.88. The molecule has 0 bridgehead atoms. The van der Waals surface area contributed by atoms with E-state index >= 15 is 0 Å². The minimum absolute atomic E-state index is 0.136. The molecule has 0 spiro atoms. The first kappa shape index (κ1) is 28.0. The zero-order valence-electron chi connectivity index (χ0n) is 22.8. The number of rotatable bonds is 12. The van der Waals surface area contributed by atoms with Crippen LogP contribution in [0.25, 0.3) is 0 Å². The maximum atomic E-state index is 13.8. The lowest BCUT2D eigenvalue weighted by molar-refractivity contribution is -0.142. The molecule has 196 valence electrons. The van der Waals surface area contributed by atoms with Crippen molar-refractivity contribution >= 4 is 11.8 Å². The minimum atomic E-state index is -0.656. The van der Waals surface area contributed by atoms with Gasteiger partial charge in [-0.3, -0.25) is 9.59 Å². The van der Waals surface area contributed by atoms with Crippen molar-refractivity contribution in [3.63, 3.8) is 0 Å². The largest absolute Gasteiger partial charge is 0.483 e. The number of benzene rings is 3. The van der Waals surface area contributed by atoms with Gasteiger partial charge in [-0.05, 0) is 68.0 Å². The minimum Gasteiger partial charge on any atom is -0.483 e. The van der Waals surface area contributed by atoms with Gasteiger partial charge in [0.2, 0.25) is 5.91 Å². The second-order valence-electron chi connectivity index (χ2n) is 9.85. The fourth-order valence-corrected chi connectivity index (χ4v) is 4.44. The highest BCUT2D eigenvalue weighted by molar-refractivity contribution is 5.88. The molecule has 0 saturated heterocycles. The van der Waals surface area contributed by atoms with E-state index in [-0.39, 0.29) is 18.4 Å². The van der Waals surface area contributed by atoms with Gasteiger partial charge in [-0.25, -0.2) is 0 Å². The molecule has 0 unspecified atom stereocenters. The fourth-order valence-electron chi connectivity index (χ4n) is 4.44. The molecule has 0 fully saturated rings. The van der Waals surface area contributed by atoms with E-state index in [0.29, 0.717) is 25.3 Å². The Morgan fingerprint density at radius 1 is 0.892 bits per heavy atom. The highest BCUT2D eigenvalue weighted by Gasteiger charge is 2.30. The lowest BCUT2D eigenvalue weighted by atomic mass is 10.0. The Bertz CT molecular complexity index is 1190. The maximum Gasteiger partial charge on any atom is 0.261 e. The SMILES string of the molecule is CCCCNC(=O)[C@H](Cc1ccccc1)N(Cc1cccc(C)c1)C(=O)COc1cc(C)cc(C)c1C. The highest BCUT2D eigenvalue weighted by Crippen LogP contribution is 2.24. The Morgan fingerprint density at radius 2 is 1.62 bits per heavy atom. The summed E-state index contributed by atoms with van der Waals surface area (Å²) in [6.45, 7) is 11.0. The van der Waals surface area contributed by atoms with Gasteiger partial charge in [-0.2, -0.15) is 0 Å². The second-order valence-corrected chi connectivity index (χ2v) is 9.85. The van der Waals surface area contributed by atoms with E-state index < -0.39 is 6.04 Å². The molecule has 3 aromatic carbocycles. The van der Waals surface area contributed by atoms with Gasteiger partial charge in [-0.1, -0.05) is 79.6 Å². The first-order valence-corrected chi connectivity index (χ1v) is 13.2. The van der Waals surface area contributed by atoms with Crippen LogP contribution in [0, 0.1) is 27.7 Å². The van der Waals surface area contributed by atoms with E-state index in [2.05, 4.69) is 24.4 Å². The van der Waals surface area contributed by atoms with Gasteiger partial charge < -0.3 is 15.0 Å². The number of ether oxygens (including phenoxy) is 1. The number of hydrogen-bond donors (Lipinski definition) is 1. The van der Waals surface area contributed by atoms with Crippen LogP contribution in [0.3, 0.4) is 0 Å². The van der Waals surface area contributed by atoms with Crippen molar-refractivity contribution in [1.82, 2.24) is 10.2 Å². The maximum absolute atomic E-state index is 13.8. The van der Waals surface area contributed by atoms with Crippen LogP contribution < -0.4 is 10.1 Å². The third kappa shape index (κ3) is 8.21. The van der Waals surface area contributed by atoms with Gasteiger partial charge in [0.15, 0.2) is 6.61 Å².